The normalized spacial score (nSPS) is 10.1. The SMILES string of the molecule is NC(=O)COc1cccc(C=NNC(N)=O)c1. The highest BCUT2D eigenvalue weighted by Gasteiger charge is 1.98. The molecule has 7 nitrogen and oxygen atoms in total. The van der Waals surface area contributed by atoms with Gasteiger partial charge < -0.3 is 16.2 Å². The summed E-state index contributed by atoms with van der Waals surface area (Å²) in [5.41, 5.74) is 12.5. The smallest absolute Gasteiger partial charge is 0.332 e. The van der Waals surface area contributed by atoms with Gasteiger partial charge in [-0.05, 0) is 17.7 Å². The fourth-order valence-corrected chi connectivity index (χ4v) is 1.01. The number of hydrogen-bond donors (Lipinski definition) is 3. The summed E-state index contributed by atoms with van der Waals surface area (Å²) in [4.78, 5) is 20.9. The number of hydrogen-bond acceptors (Lipinski definition) is 4. The Bertz CT molecular complexity index is 445. The van der Waals surface area contributed by atoms with Crippen molar-refractivity contribution in [3.63, 3.8) is 0 Å². The number of hydrazone groups is 1. The van der Waals surface area contributed by atoms with Crippen molar-refractivity contribution in [3.8, 4) is 5.75 Å². The number of ether oxygens (including phenoxy) is 1. The molecule has 0 unspecified atom stereocenters. The van der Waals surface area contributed by atoms with E-state index in [1.165, 1.54) is 6.21 Å². The van der Waals surface area contributed by atoms with Gasteiger partial charge in [-0.15, -0.1) is 0 Å². The van der Waals surface area contributed by atoms with Crippen molar-refractivity contribution < 1.29 is 14.3 Å². The topological polar surface area (TPSA) is 120 Å². The monoisotopic (exact) mass is 236 g/mol. The first-order valence-electron chi connectivity index (χ1n) is 4.67. The molecule has 0 bridgehead atoms. The molecule has 0 spiro atoms. The molecule has 0 aliphatic rings. The summed E-state index contributed by atoms with van der Waals surface area (Å²) in [5, 5.41) is 3.58. The summed E-state index contributed by atoms with van der Waals surface area (Å²) >= 11 is 0. The van der Waals surface area contributed by atoms with Crippen molar-refractivity contribution in [3.05, 3.63) is 29.8 Å². The molecule has 1 aromatic rings. The predicted molar refractivity (Wildman–Crippen MR) is 61.4 cm³/mol. The number of urea groups is 1. The molecule has 0 aliphatic heterocycles. The van der Waals surface area contributed by atoms with Crippen LogP contribution in [0.15, 0.2) is 29.4 Å². The van der Waals surface area contributed by atoms with Crippen LogP contribution in [-0.4, -0.2) is 24.8 Å². The van der Waals surface area contributed by atoms with Gasteiger partial charge in [-0.25, -0.2) is 10.2 Å². The lowest BCUT2D eigenvalue weighted by molar-refractivity contribution is -0.119. The lowest BCUT2D eigenvalue weighted by Crippen LogP contribution is -2.24. The number of rotatable bonds is 5. The van der Waals surface area contributed by atoms with Gasteiger partial charge in [-0.2, -0.15) is 5.10 Å². The lowest BCUT2D eigenvalue weighted by atomic mass is 10.2. The minimum Gasteiger partial charge on any atom is -0.484 e. The van der Waals surface area contributed by atoms with E-state index in [2.05, 4.69) is 10.5 Å². The first-order chi connectivity index (χ1) is 8.08. The molecule has 0 saturated heterocycles. The van der Waals surface area contributed by atoms with Crippen molar-refractivity contribution in [2.45, 2.75) is 0 Å². The molecule has 1 rings (SSSR count). The zero-order chi connectivity index (χ0) is 12.7. The van der Waals surface area contributed by atoms with E-state index in [0.717, 1.165) is 0 Å². The Kier molecular flexibility index (Phi) is 4.49. The van der Waals surface area contributed by atoms with Crippen molar-refractivity contribution in [2.75, 3.05) is 6.61 Å². The molecule has 17 heavy (non-hydrogen) atoms. The number of amides is 3. The van der Waals surface area contributed by atoms with E-state index in [1.807, 2.05) is 0 Å². The first-order valence-corrected chi connectivity index (χ1v) is 4.67. The fourth-order valence-electron chi connectivity index (χ4n) is 1.01. The Balaban J connectivity index is 2.62. The third kappa shape index (κ3) is 5.17. The van der Waals surface area contributed by atoms with Gasteiger partial charge in [0.1, 0.15) is 5.75 Å². The van der Waals surface area contributed by atoms with Crippen LogP contribution in [-0.2, 0) is 4.79 Å². The van der Waals surface area contributed by atoms with Gasteiger partial charge in [0.2, 0.25) is 0 Å². The van der Waals surface area contributed by atoms with Crippen molar-refractivity contribution in [1.29, 1.82) is 0 Å². The van der Waals surface area contributed by atoms with Gasteiger partial charge in [-0.1, -0.05) is 12.1 Å². The van der Waals surface area contributed by atoms with E-state index < -0.39 is 11.9 Å². The van der Waals surface area contributed by atoms with Crippen LogP contribution >= 0.6 is 0 Å². The number of primary amides is 2. The van der Waals surface area contributed by atoms with Gasteiger partial charge >= 0.3 is 6.03 Å². The van der Waals surface area contributed by atoms with Gasteiger partial charge in [0.15, 0.2) is 6.61 Å². The summed E-state index contributed by atoms with van der Waals surface area (Å²) in [6, 6.07) is 6.00. The van der Waals surface area contributed by atoms with Crippen LogP contribution in [0.2, 0.25) is 0 Å². The third-order valence-corrected chi connectivity index (χ3v) is 1.63. The van der Waals surface area contributed by atoms with Crippen LogP contribution in [0.3, 0.4) is 0 Å². The molecule has 0 aromatic heterocycles. The molecule has 0 radical (unpaired) electrons. The van der Waals surface area contributed by atoms with E-state index in [4.69, 9.17) is 16.2 Å². The molecule has 5 N–H and O–H groups in total. The van der Waals surface area contributed by atoms with Crippen molar-refractivity contribution in [1.82, 2.24) is 5.43 Å². The van der Waals surface area contributed by atoms with Crippen molar-refractivity contribution in [2.24, 2.45) is 16.6 Å². The van der Waals surface area contributed by atoms with Crippen LogP contribution in [0.5, 0.6) is 5.75 Å². The molecule has 7 heteroatoms. The van der Waals surface area contributed by atoms with Crippen LogP contribution in [0, 0.1) is 0 Å². The third-order valence-electron chi connectivity index (χ3n) is 1.63. The van der Waals surface area contributed by atoms with Crippen LogP contribution in [0.1, 0.15) is 5.56 Å². The molecule has 0 heterocycles. The zero-order valence-electron chi connectivity index (χ0n) is 8.92. The second kappa shape index (κ2) is 6.11. The first kappa shape index (κ1) is 12.5. The number of benzene rings is 1. The molecule has 3 amide bonds. The van der Waals surface area contributed by atoms with Crippen LogP contribution < -0.4 is 21.6 Å². The Morgan fingerprint density at radius 3 is 2.82 bits per heavy atom. The number of carbonyl (C=O) groups is 2. The Hall–Kier alpha value is -2.57. The highest BCUT2D eigenvalue weighted by molar-refractivity contribution is 5.82. The second-order valence-corrected chi connectivity index (χ2v) is 3.06. The molecule has 90 valence electrons. The van der Waals surface area contributed by atoms with Crippen molar-refractivity contribution >= 4 is 18.2 Å². The highest BCUT2D eigenvalue weighted by Crippen LogP contribution is 2.11. The zero-order valence-corrected chi connectivity index (χ0v) is 8.92. The van der Waals surface area contributed by atoms with Crippen LogP contribution in [0.25, 0.3) is 0 Å². The van der Waals surface area contributed by atoms with Gasteiger partial charge in [0, 0.05) is 0 Å². The quantitative estimate of drug-likeness (QED) is 0.474. The maximum atomic E-state index is 10.5. The molecule has 0 atom stereocenters. The van der Waals surface area contributed by atoms with E-state index in [-0.39, 0.29) is 6.61 Å². The molecule has 0 fully saturated rings. The Morgan fingerprint density at radius 1 is 1.41 bits per heavy atom. The average molecular weight is 236 g/mol. The number of nitrogens with two attached hydrogens (primary N) is 2. The summed E-state index contributed by atoms with van der Waals surface area (Å²) in [6.07, 6.45) is 1.39. The van der Waals surface area contributed by atoms with Gasteiger partial charge in [0.25, 0.3) is 5.91 Å². The van der Waals surface area contributed by atoms with Gasteiger partial charge in [-0.3, -0.25) is 4.79 Å². The largest absolute Gasteiger partial charge is 0.484 e. The lowest BCUT2D eigenvalue weighted by Gasteiger charge is -2.03. The van der Waals surface area contributed by atoms with Crippen LogP contribution in [0.4, 0.5) is 4.79 Å². The standard InChI is InChI=1S/C10H12N4O3/c11-9(15)6-17-8-3-1-2-7(4-8)5-13-14-10(12)16/h1-5H,6H2,(H2,11,15)(H3,12,14,16). The van der Waals surface area contributed by atoms with E-state index in [1.54, 1.807) is 24.3 Å². The Labute approximate surface area is 97.4 Å². The minimum absolute atomic E-state index is 0.194. The Morgan fingerprint density at radius 2 is 2.18 bits per heavy atom. The molecule has 0 aliphatic carbocycles. The average Bonchev–Trinajstić information content (AvgIpc) is 2.26. The van der Waals surface area contributed by atoms with E-state index in [9.17, 15) is 9.59 Å². The predicted octanol–water partition coefficient (Wildman–Crippen LogP) is -0.447. The number of nitrogens with zero attached hydrogens (tertiary/aromatic N) is 1. The summed E-state index contributed by atoms with van der Waals surface area (Å²) in [5.74, 6) is -0.0775. The molecule has 0 saturated carbocycles. The van der Waals surface area contributed by atoms with E-state index in [0.29, 0.717) is 11.3 Å². The fraction of sp³-hybridized carbons (Fsp3) is 0.100. The second-order valence-electron chi connectivity index (χ2n) is 3.06. The maximum absolute atomic E-state index is 10.5. The molecular formula is C10H12N4O3. The maximum Gasteiger partial charge on any atom is 0.332 e. The summed E-state index contributed by atoms with van der Waals surface area (Å²) in [7, 11) is 0. The number of carbonyl (C=O) groups excluding carboxylic acids is 2. The highest BCUT2D eigenvalue weighted by atomic mass is 16.5. The molecule has 1 aromatic carbocycles. The summed E-state index contributed by atoms with van der Waals surface area (Å²) < 4.78 is 5.09. The summed E-state index contributed by atoms with van der Waals surface area (Å²) in [6.45, 7) is -0.194. The number of nitrogens with one attached hydrogen (secondary N) is 1. The minimum atomic E-state index is -0.748. The van der Waals surface area contributed by atoms with E-state index >= 15 is 0 Å². The van der Waals surface area contributed by atoms with Gasteiger partial charge in [0.05, 0.1) is 6.21 Å². The molecular weight excluding hydrogens is 224 g/mol.